The summed E-state index contributed by atoms with van der Waals surface area (Å²) in [6, 6.07) is 6.15. The Hall–Kier alpha value is -1.26. The van der Waals surface area contributed by atoms with Crippen LogP contribution < -0.4 is 9.64 Å². The summed E-state index contributed by atoms with van der Waals surface area (Å²) >= 11 is 0. The maximum atomic E-state index is 10.2. The Labute approximate surface area is 127 Å². The molecule has 0 fully saturated rings. The SMILES string of the molecule is COc1cccc2c1N(CC(O)COC(C)(C)C)CCC2. The number of nitrogens with zero attached hydrogens (tertiary/aromatic N) is 1. The maximum Gasteiger partial charge on any atom is 0.142 e. The first-order valence-corrected chi connectivity index (χ1v) is 7.63. The molecule has 1 aromatic rings. The lowest BCUT2D eigenvalue weighted by Crippen LogP contribution is -2.39. The molecule has 1 aliphatic heterocycles. The van der Waals surface area contributed by atoms with Crippen molar-refractivity contribution in [3.05, 3.63) is 23.8 Å². The van der Waals surface area contributed by atoms with E-state index in [-0.39, 0.29) is 5.60 Å². The van der Waals surface area contributed by atoms with Crippen LogP contribution in [0.4, 0.5) is 5.69 Å². The smallest absolute Gasteiger partial charge is 0.142 e. The molecule has 0 aromatic heterocycles. The molecular weight excluding hydrogens is 266 g/mol. The van der Waals surface area contributed by atoms with Gasteiger partial charge in [0.1, 0.15) is 5.75 Å². The lowest BCUT2D eigenvalue weighted by molar-refractivity contribution is -0.0464. The van der Waals surface area contributed by atoms with Crippen molar-refractivity contribution in [1.82, 2.24) is 0 Å². The lowest BCUT2D eigenvalue weighted by Gasteiger charge is -2.34. The Morgan fingerprint density at radius 2 is 2.10 bits per heavy atom. The fourth-order valence-electron chi connectivity index (χ4n) is 2.70. The van der Waals surface area contributed by atoms with Crippen LogP contribution in [-0.2, 0) is 11.2 Å². The molecule has 21 heavy (non-hydrogen) atoms. The quantitative estimate of drug-likeness (QED) is 0.906. The van der Waals surface area contributed by atoms with E-state index >= 15 is 0 Å². The molecule has 0 aliphatic carbocycles. The van der Waals surface area contributed by atoms with Crippen LogP contribution in [-0.4, -0.2) is 43.6 Å². The monoisotopic (exact) mass is 293 g/mol. The second-order valence-electron chi connectivity index (χ2n) is 6.59. The maximum absolute atomic E-state index is 10.2. The average Bonchev–Trinajstić information content (AvgIpc) is 2.44. The van der Waals surface area contributed by atoms with E-state index in [4.69, 9.17) is 9.47 Å². The molecule has 4 heteroatoms. The molecular formula is C17H27NO3. The van der Waals surface area contributed by atoms with Gasteiger partial charge in [-0.2, -0.15) is 0 Å². The highest BCUT2D eigenvalue weighted by molar-refractivity contribution is 5.65. The third-order valence-corrected chi connectivity index (χ3v) is 3.63. The van der Waals surface area contributed by atoms with E-state index < -0.39 is 6.10 Å². The molecule has 0 amide bonds. The lowest BCUT2D eigenvalue weighted by atomic mass is 10.0. The number of hydrogen-bond donors (Lipinski definition) is 1. The fourth-order valence-corrected chi connectivity index (χ4v) is 2.70. The topological polar surface area (TPSA) is 41.9 Å². The summed E-state index contributed by atoms with van der Waals surface area (Å²) in [5, 5.41) is 10.2. The van der Waals surface area contributed by atoms with Gasteiger partial charge >= 0.3 is 0 Å². The molecule has 1 N–H and O–H groups in total. The third kappa shape index (κ3) is 4.35. The molecule has 1 aliphatic rings. The van der Waals surface area contributed by atoms with Crippen molar-refractivity contribution in [2.45, 2.75) is 45.3 Å². The summed E-state index contributed by atoms with van der Waals surface area (Å²) in [5.41, 5.74) is 2.20. The van der Waals surface area contributed by atoms with Crippen molar-refractivity contribution in [1.29, 1.82) is 0 Å². The summed E-state index contributed by atoms with van der Waals surface area (Å²) in [6.07, 6.45) is 1.67. The number of rotatable bonds is 5. The molecule has 2 rings (SSSR count). The Morgan fingerprint density at radius 3 is 2.76 bits per heavy atom. The van der Waals surface area contributed by atoms with Crippen LogP contribution in [0.15, 0.2) is 18.2 Å². The third-order valence-electron chi connectivity index (χ3n) is 3.63. The highest BCUT2D eigenvalue weighted by Gasteiger charge is 2.23. The molecule has 1 heterocycles. The predicted octanol–water partition coefficient (Wildman–Crippen LogP) is 2.62. The van der Waals surface area contributed by atoms with Crippen molar-refractivity contribution in [2.24, 2.45) is 0 Å². The van der Waals surface area contributed by atoms with Crippen LogP contribution in [0.2, 0.25) is 0 Å². The number of aliphatic hydroxyl groups excluding tert-OH is 1. The minimum absolute atomic E-state index is 0.224. The van der Waals surface area contributed by atoms with E-state index in [1.54, 1.807) is 7.11 Å². The number of benzene rings is 1. The van der Waals surface area contributed by atoms with Crippen molar-refractivity contribution >= 4 is 5.69 Å². The number of aliphatic hydroxyl groups is 1. The van der Waals surface area contributed by atoms with Crippen LogP contribution in [0.1, 0.15) is 32.8 Å². The van der Waals surface area contributed by atoms with Crippen LogP contribution >= 0.6 is 0 Å². The number of fused-ring (bicyclic) bond motifs is 1. The minimum atomic E-state index is -0.500. The second kappa shape index (κ2) is 6.67. The summed E-state index contributed by atoms with van der Waals surface area (Å²) in [5.74, 6) is 0.885. The zero-order chi connectivity index (χ0) is 15.5. The molecule has 4 nitrogen and oxygen atoms in total. The molecule has 0 saturated carbocycles. The van der Waals surface area contributed by atoms with Crippen molar-refractivity contribution in [3.8, 4) is 5.75 Å². The van der Waals surface area contributed by atoms with E-state index in [9.17, 15) is 5.11 Å². The van der Waals surface area contributed by atoms with Crippen LogP contribution in [0.25, 0.3) is 0 Å². The highest BCUT2D eigenvalue weighted by Crippen LogP contribution is 2.36. The fraction of sp³-hybridized carbons (Fsp3) is 0.647. The summed E-state index contributed by atoms with van der Waals surface area (Å²) in [7, 11) is 1.70. The van der Waals surface area contributed by atoms with Gasteiger partial charge in [-0.1, -0.05) is 12.1 Å². The van der Waals surface area contributed by atoms with Crippen molar-refractivity contribution < 1.29 is 14.6 Å². The molecule has 0 radical (unpaired) electrons. The first kappa shape index (κ1) is 16.1. The van der Waals surface area contributed by atoms with Gasteiger partial charge in [0.05, 0.1) is 31.1 Å². The van der Waals surface area contributed by atoms with Gasteiger partial charge in [-0.05, 0) is 45.2 Å². The number of ether oxygens (including phenoxy) is 2. The first-order valence-electron chi connectivity index (χ1n) is 7.63. The number of aryl methyl sites for hydroxylation is 1. The largest absolute Gasteiger partial charge is 0.495 e. The van der Waals surface area contributed by atoms with E-state index in [0.717, 1.165) is 30.8 Å². The molecule has 0 spiro atoms. The number of para-hydroxylation sites is 1. The Kier molecular flexibility index (Phi) is 5.12. The van der Waals surface area contributed by atoms with Gasteiger partial charge in [-0.3, -0.25) is 0 Å². The Morgan fingerprint density at radius 1 is 1.33 bits per heavy atom. The molecule has 1 aromatic carbocycles. The van der Waals surface area contributed by atoms with Crippen LogP contribution in [0, 0.1) is 0 Å². The van der Waals surface area contributed by atoms with Gasteiger partial charge in [0.25, 0.3) is 0 Å². The van der Waals surface area contributed by atoms with E-state index in [2.05, 4.69) is 11.0 Å². The predicted molar refractivity (Wildman–Crippen MR) is 85.2 cm³/mol. The average molecular weight is 293 g/mol. The van der Waals surface area contributed by atoms with Gasteiger partial charge in [0.15, 0.2) is 0 Å². The van der Waals surface area contributed by atoms with E-state index in [0.29, 0.717) is 13.2 Å². The molecule has 0 bridgehead atoms. The van der Waals surface area contributed by atoms with Gasteiger partial charge in [-0.25, -0.2) is 0 Å². The summed E-state index contributed by atoms with van der Waals surface area (Å²) in [6.45, 7) is 7.87. The van der Waals surface area contributed by atoms with E-state index in [1.807, 2.05) is 32.9 Å². The molecule has 0 saturated heterocycles. The first-order chi connectivity index (χ1) is 9.90. The van der Waals surface area contributed by atoms with Gasteiger partial charge in [-0.15, -0.1) is 0 Å². The van der Waals surface area contributed by atoms with Gasteiger partial charge < -0.3 is 19.5 Å². The van der Waals surface area contributed by atoms with Crippen LogP contribution in [0.5, 0.6) is 5.75 Å². The van der Waals surface area contributed by atoms with Crippen LogP contribution in [0.3, 0.4) is 0 Å². The second-order valence-corrected chi connectivity index (χ2v) is 6.59. The highest BCUT2D eigenvalue weighted by atomic mass is 16.5. The van der Waals surface area contributed by atoms with Gasteiger partial charge in [0, 0.05) is 13.1 Å². The van der Waals surface area contributed by atoms with Crippen molar-refractivity contribution in [2.75, 3.05) is 31.7 Å². The Balaban J connectivity index is 2.06. The Bertz CT molecular complexity index is 453. The number of β-amino-alcohol motifs (C(OH)–C–C–N with tert-alkyl or cyclic N) is 1. The zero-order valence-corrected chi connectivity index (χ0v) is 13.6. The van der Waals surface area contributed by atoms with E-state index in [1.165, 1.54) is 5.56 Å². The standard InChI is InChI=1S/C17H27NO3/c1-17(2,3)21-12-14(19)11-18-10-6-8-13-7-5-9-15(20-4)16(13)18/h5,7,9,14,19H,6,8,10-12H2,1-4H3. The molecule has 118 valence electrons. The normalized spacial score (nSPS) is 16.5. The number of anilines is 1. The zero-order valence-electron chi connectivity index (χ0n) is 13.6. The molecule has 1 atom stereocenters. The number of methoxy groups -OCH3 is 1. The van der Waals surface area contributed by atoms with Gasteiger partial charge in [0.2, 0.25) is 0 Å². The van der Waals surface area contributed by atoms with Crippen molar-refractivity contribution in [3.63, 3.8) is 0 Å². The number of hydrogen-bond acceptors (Lipinski definition) is 4. The minimum Gasteiger partial charge on any atom is -0.495 e. The summed E-state index contributed by atoms with van der Waals surface area (Å²) < 4.78 is 11.2. The molecule has 1 unspecified atom stereocenters. The summed E-state index contributed by atoms with van der Waals surface area (Å²) in [4.78, 5) is 2.22.